The van der Waals surface area contributed by atoms with Crippen molar-refractivity contribution in [1.29, 1.82) is 0 Å². The van der Waals surface area contributed by atoms with Crippen LogP contribution in [0.15, 0.2) is 48.5 Å². The highest BCUT2D eigenvalue weighted by Gasteiger charge is 2.08. The van der Waals surface area contributed by atoms with Crippen molar-refractivity contribution >= 4 is 16.9 Å². The van der Waals surface area contributed by atoms with Crippen molar-refractivity contribution in [2.24, 2.45) is 0 Å². The van der Waals surface area contributed by atoms with Crippen LogP contribution in [0.3, 0.4) is 0 Å². The topological polar surface area (TPSA) is 66.0 Å². The zero-order valence-electron chi connectivity index (χ0n) is 10.8. The number of nitrogens with one attached hydrogen (secondary N) is 1. The third kappa shape index (κ3) is 2.40. The molecule has 2 aromatic carbocycles. The number of aryl methyl sites for hydroxylation is 1. The first-order valence-corrected chi connectivity index (χ1v) is 6.48. The number of fused-ring (bicyclic) bond motifs is 1. The molecule has 20 heavy (non-hydrogen) atoms. The summed E-state index contributed by atoms with van der Waals surface area (Å²) in [4.78, 5) is 10.6. The fraction of sp³-hybridized carbons (Fsp3) is 0.125. The average molecular weight is 266 g/mol. The first kappa shape index (κ1) is 12.4. The maximum absolute atomic E-state index is 10.6. The second-order valence-corrected chi connectivity index (χ2v) is 4.71. The number of hydrogen-bond acceptors (Lipinski definition) is 2. The lowest BCUT2D eigenvalue weighted by molar-refractivity contribution is -0.136. The molecular weight excluding hydrogens is 252 g/mol. The number of rotatable bonds is 4. The highest BCUT2D eigenvalue weighted by molar-refractivity contribution is 5.93. The van der Waals surface area contributed by atoms with E-state index in [1.54, 1.807) is 0 Å². The molecule has 0 aliphatic rings. The number of nitrogens with zero attached hydrogens (tertiary/aromatic N) is 1. The quantitative estimate of drug-likeness (QED) is 0.761. The summed E-state index contributed by atoms with van der Waals surface area (Å²) >= 11 is 0. The molecule has 2 N–H and O–H groups in total. The van der Waals surface area contributed by atoms with Crippen LogP contribution in [-0.4, -0.2) is 21.3 Å². The van der Waals surface area contributed by atoms with Crippen molar-refractivity contribution in [2.75, 3.05) is 0 Å². The molecule has 0 spiro atoms. The monoisotopic (exact) mass is 266 g/mol. The van der Waals surface area contributed by atoms with Gasteiger partial charge in [-0.1, -0.05) is 42.5 Å². The second kappa shape index (κ2) is 5.17. The van der Waals surface area contributed by atoms with Crippen LogP contribution >= 0.6 is 0 Å². The van der Waals surface area contributed by atoms with E-state index >= 15 is 0 Å². The number of carboxylic acid groups (broad SMARTS) is 1. The molecule has 0 unspecified atom stereocenters. The molecule has 0 saturated carbocycles. The number of carboxylic acids is 1. The van der Waals surface area contributed by atoms with E-state index in [1.165, 1.54) is 0 Å². The predicted molar refractivity (Wildman–Crippen MR) is 77.5 cm³/mol. The van der Waals surface area contributed by atoms with E-state index in [0.29, 0.717) is 6.42 Å². The SMILES string of the molecule is O=C(O)CCc1ccc2c(-c3ccccc3)n[nH]c2c1. The Morgan fingerprint density at radius 3 is 2.70 bits per heavy atom. The van der Waals surface area contributed by atoms with Crippen LogP contribution in [-0.2, 0) is 11.2 Å². The van der Waals surface area contributed by atoms with Crippen LogP contribution in [0, 0.1) is 0 Å². The Morgan fingerprint density at radius 2 is 1.95 bits per heavy atom. The maximum Gasteiger partial charge on any atom is 0.303 e. The van der Waals surface area contributed by atoms with Crippen LogP contribution in [0.2, 0.25) is 0 Å². The normalized spacial score (nSPS) is 10.8. The highest BCUT2D eigenvalue weighted by atomic mass is 16.4. The van der Waals surface area contributed by atoms with Gasteiger partial charge < -0.3 is 5.11 Å². The van der Waals surface area contributed by atoms with Crippen molar-refractivity contribution in [1.82, 2.24) is 10.2 Å². The summed E-state index contributed by atoms with van der Waals surface area (Å²) in [7, 11) is 0. The molecule has 0 fully saturated rings. The number of aromatic amines is 1. The summed E-state index contributed by atoms with van der Waals surface area (Å²) in [5, 5.41) is 17.1. The van der Waals surface area contributed by atoms with Gasteiger partial charge in [0, 0.05) is 17.4 Å². The van der Waals surface area contributed by atoms with Gasteiger partial charge in [0.2, 0.25) is 0 Å². The fourth-order valence-electron chi connectivity index (χ4n) is 2.29. The van der Waals surface area contributed by atoms with Crippen molar-refractivity contribution in [3.8, 4) is 11.3 Å². The van der Waals surface area contributed by atoms with E-state index in [1.807, 2.05) is 48.5 Å². The summed E-state index contributed by atoms with van der Waals surface area (Å²) in [6.07, 6.45) is 0.677. The van der Waals surface area contributed by atoms with Crippen molar-refractivity contribution in [3.05, 3.63) is 54.1 Å². The second-order valence-electron chi connectivity index (χ2n) is 4.71. The lowest BCUT2D eigenvalue weighted by Crippen LogP contribution is -1.97. The van der Waals surface area contributed by atoms with Crippen LogP contribution in [0.4, 0.5) is 0 Å². The maximum atomic E-state index is 10.6. The molecule has 1 heterocycles. The number of aromatic nitrogens is 2. The molecule has 0 aliphatic heterocycles. The minimum atomic E-state index is -0.778. The fourth-order valence-corrected chi connectivity index (χ4v) is 2.29. The number of H-pyrrole nitrogens is 1. The largest absolute Gasteiger partial charge is 0.481 e. The Balaban J connectivity index is 1.96. The van der Waals surface area contributed by atoms with E-state index in [9.17, 15) is 4.79 Å². The van der Waals surface area contributed by atoms with E-state index in [4.69, 9.17) is 5.11 Å². The molecular formula is C16H14N2O2. The first-order valence-electron chi connectivity index (χ1n) is 6.48. The minimum Gasteiger partial charge on any atom is -0.481 e. The molecule has 3 aromatic rings. The first-order chi connectivity index (χ1) is 9.74. The molecule has 0 radical (unpaired) electrons. The molecule has 0 aliphatic carbocycles. The van der Waals surface area contributed by atoms with Gasteiger partial charge in [-0.15, -0.1) is 0 Å². The Kier molecular flexibility index (Phi) is 3.21. The van der Waals surface area contributed by atoms with E-state index < -0.39 is 5.97 Å². The van der Waals surface area contributed by atoms with Crippen LogP contribution in [0.5, 0.6) is 0 Å². The van der Waals surface area contributed by atoms with E-state index in [0.717, 1.165) is 27.7 Å². The lowest BCUT2D eigenvalue weighted by atomic mass is 10.0. The Labute approximate surface area is 116 Å². The van der Waals surface area contributed by atoms with E-state index in [-0.39, 0.29) is 6.42 Å². The van der Waals surface area contributed by atoms with Gasteiger partial charge in [-0.05, 0) is 18.1 Å². The summed E-state index contributed by atoms with van der Waals surface area (Å²) in [5.41, 5.74) is 3.93. The minimum absolute atomic E-state index is 0.144. The van der Waals surface area contributed by atoms with Crippen molar-refractivity contribution in [3.63, 3.8) is 0 Å². The molecule has 4 nitrogen and oxygen atoms in total. The van der Waals surface area contributed by atoms with E-state index in [2.05, 4.69) is 10.2 Å². The Bertz CT molecular complexity index is 748. The lowest BCUT2D eigenvalue weighted by Gasteiger charge is -2.00. The number of carbonyl (C=O) groups is 1. The zero-order chi connectivity index (χ0) is 13.9. The third-order valence-corrected chi connectivity index (χ3v) is 3.30. The molecule has 100 valence electrons. The smallest absolute Gasteiger partial charge is 0.303 e. The number of hydrogen-bond donors (Lipinski definition) is 2. The molecule has 0 saturated heterocycles. The van der Waals surface area contributed by atoms with Gasteiger partial charge in [-0.3, -0.25) is 9.89 Å². The molecule has 0 bridgehead atoms. The van der Waals surface area contributed by atoms with Gasteiger partial charge >= 0.3 is 5.97 Å². The van der Waals surface area contributed by atoms with Crippen molar-refractivity contribution < 1.29 is 9.90 Å². The van der Waals surface area contributed by atoms with Gasteiger partial charge in [0.25, 0.3) is 0 Å². The Hall–Kier alpha value is -2.62. The summed E-state index contributed by atoms with van der Waals surface area (Å²) in [5.74, 6) is -0.778. The van der Waals surface area contributed by atoms with Crippen LogP contribution < -0.4 is 0 Å². The zero-order valence-corrected chi connectivity index (χ0v) is 10.8. The van der Waals surface area contributed by atoms with Crippen LogP contribution in [0.25, 0.3) is 22.2 Å². The van der Waals surface area contributed by atoms with Gasteiger partial charge in [-0.2, -0.15) is 5.10 Å². The van der Waals surface area contributed by atoms with Gasteiger partial charge in [0.15, 0.2) is 0 Å². The number of aliphatic carboxylic acids is 1. The summed E-state index contributed by atoms with van der Waals surface area (Å²) < 4.78 is 0. The van der Waals surface area contributed by atoms with Crippen molar-refractivity contribution in [2.45, 2.75) is 12.8 Å². The standard InChI is InChI=1S/C16H14N2O2/c19-15(20)9-7-11-6-8-13-14(10-11)17-18-16(13)12-4-2-1-3-5-12/h1-6,8,10H,7,9H2,(H,17,18)(H,19,20). The molecule has 4 heteroatoms. The molecule has 1 aromatic heterocycles. The molecule has 0 atom stereocenters. The van der Waals surface area contributed by atoms with Gasteiger partial charge in [0.05, 0.1) is 11.2 Å². The Morgan fingerprint density at radius 1 is 1.15 bits per heavy atom. The van der Waals surface area contributed by atoms with Crippen LogP contribution in [0.1, 0.15) is 12.0 Å². The van der Waals surface area contributed by atoms with Gasteiger partial charge in [0.1, 0.15) is 0 Å². The highest BCUT2D eigenvalue weighted by Crippen LogP contribution is 2.26. The number of benzene rings is 2. The predicted octanol–water partition coefficient (Wildman–Crippen LogP) is 3.25. The molecule has 3 rings (SSSR count). The summed E-state index contributed by atoms with van der Waals surface area (Å²) in [6.45, 7) is 0. The summed E-state index contributed by atoms with van der Waals surface area (Å²) in [6, 6.07) is 15.9. The third-order valence-electron chi connectivity index (χ3n) is 3.30. The van der Waals surface area contributed by atoms with Gasteiger partial charge in [-0.25, -0.2) is 0 Å². The average Bonchev–Trinajstić information content (AvgIpc) is 2.89. The molecule has 0 amide bonds.